The van der Waals surface area contributed by atoms with Crippen molar-refractivity contribution in [2.24, 2.45) is 17.6 Å². The maximum absolute atomic E-state index is 12.7. The fourth-order valence-electron chi connectivity index (χ4n) is 3.19. The number of nitrogens with two attached hydrogens (primary N) is 1. The first kappa shape index (κ1) is 21.9. The van der Waals surface area contributed by atoms with Crippen molar-refractivity contribution >= 4 is 23.8 Å². The summed E-state index contributed by atoms with van der Waals surface area (Å²) in [5.41, 5.74) is 5.05. The van der Waals surface area contributed by atoms with Gasteiger partial charge in [-0.3, -0.25) is 14.4 Å². The number of carbonyl (C=O) groups excluding carboxylic acids is 4. The maximum atomic E-state index is 12.7. The highest BCUT2D eigenvalue weighted by Gasteiger charge is 2.37. The molecule has 1 heterocycles. The molecule has 2 fully saturated rings. The topological polar surface area (TPSA) is 160 Å². The average Bonchev–Trinajstić information content (AvgIpc) is 3.32. The van der Waals surface area contributed by atoms with Gasteiger partial charge in [-0.15, -0.1) is 0 Å². The molecule has 0 aromatic heterocycles. The Balaban J connectivity index is 2.08. The molecule has 10 nitrogen and oxygen atoms in total. The second kappa shape index (κ2) is 9.72. The number of rotatable bonds is 10. The molecule has 2 rings (SSSR count). The Morgan fingerprint density at radius 2 is 1.93 bits per heavy atom. The molecular formula is C18H30N4O6. The predicted octanol–water partition coefficient (Wildman–Crippen LogP) is -0.853. The molecule has 0 radical (unpaired) electrons. The normalized spacial score (nSPS) is 22.1. The lowest BCUT2D eigenvalue weighted by molar-refractivity contribution is -0.136. The van der Waals surface area contributed by atoms with Crippen LogP contribution in [0.1, 0.15) is 46.0 Å². The molecular weight excluding hydrogens is 368 g/mol. The molecule has 1 aliphatic carbocycles. The standard InChI is InChI=1S/C18H30N4O6/c1-9(2)7-13(28-18(19)27)16(25)22-12(8-10-5-6-20-15(10)24)14(23)17(26)21-11-3-4-11/h9-14,23H,3-8H2,1-2H3,(H2,19,27)(H,20,24)(H,21,26)(H,22,25)/t10-,12?,13?,14?/m0/s1. The van der Waals surface area contributed by atoms with Crippen LogP contribution in [-0.4, -0.2) is 59.8 Å². The fraction of sp³-hybridized carbons (Fsp3) is 0.778. The van der Waals surface area contributed by atoms with E-state index in [0.29, 0.717) is 13.0 Å². The highest BCUT2D eigenvalue weighted by atomic mass is 16.6. The summed E-state index contributed by atoms with van der Waals surface area (Å²) >= 11 is 0. The van der Waals surface area contributed by atoms with Gasteiger partial charge in [0.05, 0.1) is 6.04 Å². The van der Waals surface area contributed by atoms with Crippen LogP contribution in [0, 0.1) is 11.8 Å². The van der Waals surface area contributed by atoms with Crippen molar-refractivity contribution in [2.75, 3.05) is 6.54 Å². The minimum Gasteiger partial charge on any atom is -0.436 e. The quantitative estimate of drug-likeness (QED) is 0.322. The third-order valence-electron chi connectivity index (χ3n) is 4.84. The molecule has 1 saturated carbocycles. The summed E-state index contributed by atoms with van der Waals surface area (Å²) in [6.07, 6.45) is -1.17. The summed E-state index contributed by atoms with van der Waals surface area (Å²) in [5, 5.41) is 18.5. The summed E-state index contributed by atoms with van der Waals surface area (Å²) in [7, 11) is 0. The number of hydrogen-bond donors (Lipinski definition) is 5. The molecule has 28 heavy (non-hydrogen) atoms. The number of aliphatic hydroxyl groups excluding tert-OH is 1. The van der Waals surface area contributed by atoms with E-state index < -0.39 is 42.1 Å². The van der Waals surface area contributed by atoms with Gasteiger partial charge in [-0.2, -0.15) is 0 Å². The Morgan fingerprint density at radius 1 is 1.25 bits per heavy atom. The van der Waals surface area contributed by atoms with Crippen LogP contribution in [-0.2, 0) is 19.1 Å². The van der Waals surface area contributed by atoms with Gasteiger partial charge in [0.2, 0.25) is 5.91 Å². The second-order valence-corrected chi connectivity index (χ2v) is 7.91. The van der Waals surface area contributed by atoms with Crippen molar-refractivity contribution < 1.29 is 29.0 Å². The Hall–Kier alpha value is -2.36. The molecule has 6 N–H and O–H groups in total. The first-order chi connectivity index (χ1) is 13.2. The Kier molecular flexibility index (Phi) is 7.61. The van der Waals surface area contributed by atoms with Crippen LogP contribution in [0.2, 0.25) is 0 Å². The summed E-state index contributed by atoms with van der Waals surface area (Å²) in [4.78, 5) is 48.0. The SMILES string of the molecule is CC(C)CC(OC(N)=O)C(=O)NC(C[C@@H]1CCNC1=O)C(O)C(=O)NC1CC1. The molecule has 0 aromatic rings. The molecule has 4 atom stereocenters. The van der Waals surface area contributed by atoms with E-state index in [1.54, 1.807) is 0 Å². The van der Waals surface area contributed by atoms with Gasteiger partial charge in [0.25, 0.3) is 11.8 Å². The maximum Gasteiger partial charge on any atom is 0.405 e. The molecule has 0 aromatic carbocycles. The zero-order chi connectivity index (χ0) is 20.8. The van der Waals surface area contributed by atoms with Crippen LogP contribution in [0.3, 0.4) is 0 Å². The Bertz CT molecular complexity index is 607. The number of carbonyl (C=O) groups is 4. The molecule has 1 aliphatic heterocycles. The van der Waals surface area contributed by atoms with Crippen molar-refractivity contribution in [3.8, 4) is 0 Å². The summed E-state index contributed by atoms with van der Waals surface area (Å²) in [6, 6.07) is -0.952. The van der Waals surface area contributed by atoms with E-state index in [4.69, 9.17) is 10.5 Å². The van der Waals surface area contributed by atoms with Gasteiger partial charge in [0, 0.05) is 18.5 Å². The smallest absolute Gasteiger partial charge is 0.405 e. The van der Waals surface area contributed by atoms with Crippen molar-refractivity contribution in [2.45, 2.75) is 70.2 Å². The highest BCUT2D eigenvalue weighted by Crippen LogP contribution is 2.21. The van der Waals surface area contributed by atoms with Gasteiger partial charge in [0.15, 0.2) is 12.2 Å². The number of aliphatic hydroxyl groups is 1. The molecule has 0 spiro atoms. The van der Waals surface area contributed by atoms with E-state index in [2.05, 4.69) is 16.0 Å². The van der Waals surface area contributed by atoms with Crippen LogP contribution >= 0.6 is 0 Å². The monoisotopic (exact) mass is 398 g/mol. The van der Waals surface area contributed by atoms with E-state index in [-0.39, 0.29) is 30.7 Å². The van der Waals surface area contributed by atoms with Crippen molar-refractivity contribution in [3.63, 3.8) is 0 Å². The van der Waals surface area contributed by atoms with Crippen LogP contribution in [0.4, 0.5) is 4.79 Å². The lowest BCUT2D eigenvalue weighted by Crippen LogP contribution is -2.54. The van der Waals surface area contributed by atoms with Crippen molar-refractivity contribution in [3.05, 3.63) is 0 Å². The molecule has 10 heteroatoms. The van der Waals surface area contributed by atoms with E-state index in [1.807, 2.05) is 13.8 Å². The number of ether oxygens (including phenoxy) is 1. The Labute approximate surface area is 163 Å². The summed E-state index contributed by atoms with van der Waals surface area (Å²) in [5.74, 6) is -1.82. The van der Waals surface area contributed by atoms with Gasteiger partial charge in [-0.05, 0) is 38.0 Å². The third-order valence-corrected chi connectivity index (χ3v) is 4.84. The van der Waals surface area contributed by atoms with Gasteiger partial charge in [0.1, 0.15) is 0 Å². The van der Waals surface area contributed by atoms with Crippen molar-refractivity contribution in [1.82, 2.24) is 16.0 Å². The minimum absolute atomic E-state index is 0.0391. The van der Waals surface area contributed by atoms with Gasteiger partial charge >= 0.3 is 6.09 Å². The van der Waals surface area contributed by atoms with E-state index in [1.165, 1.54) is 0 Å². The number of primary amides is 1. The van der Waals surface area contributed by atoms with Crippen LogP contribution in [0.25, 0.3) is 0 Å². The highest BCUT2D eigenvalue weighted by molar-refractivity contribution is 5.86. The minimum atomic E-state index is -1.52. The number of nitrogens with one attached hydrogen (secondary N) is 3. The molecule has 1 saturated heterocycles. The van der Waals surface area contributed by atoms with Gasteiger partial charge in [-0.25, -0.2) is 4.79 Å². The first-order valence-corrected chi connectivity index (χ1v) is 9.70. The van der Waals surface area contributed by atoms with Gasteiger partial charge in [-0.1, -0.05) is 13.8 Å². The lowest BCUT2D eigenvalue weighted by atomic mass is 9.94. The van der Waals surface area contributed by atoms with E-state index >= 15 is 0 Å². The third kappa shape index (κ3) is 6.66. The van der Waals surface area contributed by atoms with E-state index in [9.17, 15) is 24.3 Å². The first-order valence-electron chi connectivity index (χ1n) is 9.70. The van der Waals surface area contributed by atoms with Gasteiger partial charge < -0.3 is 31.5 Å². The molecule has 2 aliphatic rings. The zero-order valence-corrected chi connectivity index (χ0v) is 16.3. The Morgan fingerprint density at radius 3 is 2.43 bits per heavy atom. The number of amides is 4. The van der Waals surface area contributed by atoms with Crippen molar-refractivity contribution in [1.29, 1.82) is 0 Å². The lowest BCUT2D eigenvalue weighted by Gasteiger charge is -2.27. The number of hydrogen-bond acceptors (Lipinski definition) is 6. The van der Waals surface area contributed by atoms with Crippen LogP contribution < -0.4 is 21.7 Å². The predicted molar refractivity (Wildman–Crippen MR) is 98.7 cm³/mol. The molecule has 0 bridgehead atoms. The molecule has 3 unspecified atom stereocenters. The zero-order valence-electron chi connectivity index (χ0n) is 16.3. The van der Waals surface area contributed by atoms with Crippen LogP contribution in [0.15, 0.2) is 0 Å². The molecule has 4 amide bonds. The summed E-state index contributed by atoms with van der Waals surface area (Å²) < 4.78 is 4.90. The van der Waals surface area contributed by atoms with Crippen LogP contribution in [0.5, 0.6) is 0 Å². The fourth-order valence-corrected chi connectivity index (χ4v) is 3.19. The second-order valence-electron chi connectivity index (χ2n) is 7.91. The average molecular weight is 398 g/mol. The van der Waals surface area contributed by atoms with E-state index in [0.717, 1.165) is 12.8 Å². The largest absolute Gasteiger partial charge is 0.436 e. The summed E-state index contributed by atoms with van der Waals surface area (Å²) in [6.45, 7) is 4.21. The molecule has 158 valence electrons.